The normalized spacial score (nSPS) is 15.2. The van der Waals surface area contributed by atoms with Crippen molar-refractivity contribution in [3.63, 3.8) is 0 Å². The maximum absolute atomic E-state index is 12.2. The molecule has 0 saturated heterocycles. The molecule has 1 N–H and O–H groups in total. The number of rotatable bonds is 7. The van der Waals surface area contributed by atoms with Gasteiger partial charge < -0.3 is 9.84 Å². The van der Waals surface area contributed by atoms with Crippen LogP contribution in [0.5, 0.6) is 0 Å². The Hall–Kier alpha value is -1.11. The second kappa shape index (κ2) is 7.47. The molecule has 19 heavy (non-hydrogen) atoms. The molecule has 108 valence electrons. The fraction of sp³-hybridized carbons (Fsp3) is 0.538. The lowest BCUT2D eigenvalue weighted by atomic mass is 10.1. The Kier molecular flexibility index (Phi) is 6.27. The highest BCUT2D eigenvalue weighted by Crippen LogP contribution is 2.21. The van der Waals surface area contributed by atoms with Crippen LogP contribution in [0.3, 0.4) is 0 Å². The van der Waals surface area contributed by atoms with E-state index in [1.807, 2.05) is 18.2 Å². The summed E-state index contributed by atoms with van der Waals surface area (Å²) >= 11 is 0. The summed E-state index contributed by atoms with van der Waals surface area (Å²) in [6.45, 7) is 1.44. The number of halogens is 3. The minimum absolute atomic E-state index is 0.162. The molecule has 1 rings (SSSR count). The van der Waals surface area contributed by atoms with Gasteiger partial charge >= 0.3 is 6.36 Å². The molecule has 1 aromatic rings. The molecular weight excluding hydrogens is 261 g/mol. The van der Waals surface area contributed by atoms with Gasteiger partial charge in [-0.3, -0.25) is 4.74 Å². The van der Waals surface area contributed by atoms with Crippen LogP contribution in [0.15, 0.2) is 30.3 Å². The van der Waals surface area contributed by atoms with Gasteiger partial charge in [0, 0.05) is 0 Å². The summed E-state index contributed by atoms with van der Waals surface area (Å²) in [7, 11) is 0. The molecular formula is C13H17F3O3. The zero-order chi connectivity index (χ0) is 14.3. The first-order chi connectivity index (χ1) is 8.92. The van der Waals surface area contributed by atoms with Crippen LogP contribution in [0.4, 0.5) is 13.2 Å². The molecule has 6 heteroatoms. The van der Waals surface area contributed by atoms with Crippen molar-refractivity contribution >= 4 is 0 Å². The quantitative estimate of drug-likeness (QED) is 0.833. The maximum atomic E-state index is 12.2. The average molecular weight is 278 g/mol. The van der Waals surface area contributed by atoms with Crippen molar-refractivity contribution in [3.05, 3.63) is 35.9 Å². The fourth-order valence-corrected chi connectivity index (χ4v) is 1.53. The van der Waals surface area contributed by atoms with E-state index < -0.39 is 18.6 Å². The molecule has 0 fully saturated rings. The number of hydrogen-bond donors (Lipinski definition) is 1. The first-order valence-corrected chi connectivity index (χ1v) is 5.96. The molecule has 0 aliphatic rings. The Morgan fingerprint density at radius 1 is 1.21 bits per heavy atom. The summed E-state index contributed by atoms with van der Waals surface area (Å²) in [6.07, 6.45) is -7.24. The van der Waals surface area contributed by atoms with E-state index >= 15 is 0 Å². The third-order valence-electron chi connectivity index (χ3n) is 2.53. The van der Waals surface area contributed by atoms with Crippen LogP contribution >= 0.6 is 0 Å². The van der Waals surface area contributed by atoms with E-state index in [9.17, 15) is 18.3 Å². The number of benzene rings is 1. The molecule has 2 atom stereocenters. The van der Waals surface area contributed by atoms with E-state index in [0.29, 0.717) is 0 Å². The molecule has 0 amide bonds. The van der Waals surface area contributed by atoms with Gasteiger partial charge in [-0.2, -0.15) is 0 Å². The highest BCUT2D eigenvalue weighted by atomic mass is 19.4. The van der Waals surface area contributed by atoms with Crippen LogP contribution < -0.4 is 0 Å². The summed E-state index contributed by atoms with van der Waals surface area (Å²) in [5.74, 6) is 0. The van der Waals surface area contributed by atoms with Gasteiger partial charge in [-0.15, -0.1) is 13.2 Å². The second-order valence-electron chi connectivity index (χ2n) is 4.08. The molecule has 0 bridgehead atoms. The third kappa shape index (κ3) is 6.56. The largest absolute Gasteiger partial charge is 0.522 e. The Labute approximate surface area is 110 Å². The first kappa shape index (κ1) is 15.9. The van der Waals surface area contributed by atoms with Crippen LogP contribution in [0.25, 0.3) is 0 Å². The molecule has 0 saturated carbocycles. The van der Waals surface area contributed by atoms with Gasteiger partial charge in [0.2, 0.25) is 0 Å². The Morgan fingerprint density at radius 2 is 1.84 bits per heavy atom. The van der Waals surface area contributed by atoms with E-state index in [-0.39, 0.29) is 19.6 Å². The summed E-state index contributed by atoms with van der Waals surface area (Å²) in [4.78, 5) is 0. The number of ether oxygens (including phenoxy) is 2. The minimum atomic E-state index is -4.78. The lowest BCUT2D eigenvalue weighted by molar-refractivity contribution is -0.355. The van der Waals surface area contributed by atoms with Gasteiger partial charge in [0.05, 0.1) is 19.3 Å². The zero-order valence-electron chi connectivity index (χ0n) is 10.6. The predicted molar refractivity (Wildman–Crippen MR) is 63.3 cm³/mol. The maximum Gasteiger partial charge on any atom is 0.522 e. The summed E-state index contributed by atoms with van der Waals surface area (Å²) < 4.78 is 45.5. The number of alkyl halides is 3. The van der Waals surface area contributed by atoms with Crippen molar-refractivity contribution < 1.29 is 27.8 Å². The third-order valence-corrected chi connectivity index (χ3v) is 2.53. The van der Waals surface area contributed by atoms with E-state index in [1.54, 1.807) is 19.1 Å². The number of hydrogen-bond acceptors (Lipinski definition) is 3. The van der Waals surface area contributed by atoms with Gasteiger partial charge in [0.25, 0.3) is 0 Å². The predicted octanol–water partition coefficient (Wildman–Crippen LogP) is 2.88. The van der Waals surface area contributed by atoms with Gasteiger partial charge in [0.15, 0.2) is 0 Å². The molecule has 1 aromatic carbocycles. The summed E-state index contributed by atoms with van der Waals surface area (Å²) in [5, 5.41) is 9.47. The molecule has 0 aliphatic heterocycles. The summed E-state index contributed by atoms with van der Waals surface area (Å²) in [5.41, 5.74) is 0.847. The Bertz CT molecular complexity index is 354. The number of aliphatic hydroxyl groups is 1. The highest BCUT2D eigenvalue weighted by Gasteiger charge is 2.36. The zero-order valence-corrected chi connectivity index (χ0v) is 10.6. The van der Waals surface area contributed by atoms with Crippen molar-refractivity contribution in [1.82, 2.24) is 0 Å². The van der Waals surface area contributed by atoms with E-state index in [0.717, 1.165) is 5.56 Å². The fourth-order valence-electron chi connectivity index (χ4n) is 1.53. The van der Waals surface area contributed by atoms with Crippen LogP contribution in [-0.4, -0.2) is 30.3 Å². The Balaban J connectivity index is 2.44. The molecule has 0 unspecified atom stereocenters. The Morgan fingerprint density at radius 3 is 2.37 bits per heavy atom. The topological polar surface area (TPSA) is 38.7 Å². The molecule has 0 aliphatic carbocycles. The first-order valence-electron chi connectivity index (χ1n) is 5.96. The van der Waals surface area contributed by atoms with Crippen molar-refractivity contribution in [2.45, 2.75) is 38.5 Å². The van der Waals surface area contributed by atoms with Crippen molar-refractivity contribution in [2.75, 3.05) is 6.61 Å². The lowest BCUT2D eigenvalue weighted by Crippen LogP contribution is -2.37. The van der Waals surface area contributed by atoms with Gasteiger partial charge in [-0.25, -0.2) is 0 Å². The molecule has 0 radical (unpaired) electrons. The lowest BCUT2D eigenvalue weighted by Gasteiger charge is -2.23. The van der Waals surface area contributed by atoms with E-state index in [4.69, 9.17) is 4.74 Å². The van der Waals surface area contributed by atoms with Crippen molar-refractivity contribution in [3.8, 4) is 0 Å². The minimum Gasteiger partial charge on any atom is -0.390 e. The molecule has 0 heterocycles. The van der Waals surface area contributed by atoms with Crippen LogP contribution in [0, 0.1) is 0 Å². The van der Waals surface area contributed by atoms with Crippen molar-refractivity contribution in [1.29, 1.82) is 0 Å². The van der Waals surface area contributed by atoms with Crippen LogP contribution in [-0.2, 0) is 16.1 Å². The van der Waals surface area contributed by atoms with Crippen LogP contribution in [0.1, 0.15) is 18.9 Å². The highest BCUT2D eigenvalue weighted by molar-refractivity contribution is 5.13. The monoisotopic (exact) mass is 278 g/mol. The SMILES string of the molecule is CC[C@@H](O)[C@@H](COCc1ccccc1)OC(F)(F)F. The second-order valence-corrected chi connectivity index (χ2v) is 4.08. The van der Waals surface area contributed by atoms with E-state index in [2.05, 4.69) is 4.74 Å². The van der Waals surface area contributed by atoms with E-state index in [1.165, 1.54) is 0 Å². The summed E-state index contributed by atoms with van der Waals surface area (Å²) in [6, 6.07) is 9.05. The molecule has 3 nitrogen and oxygen atoms in total. The average Bonchev–Trinajstić information content (AvgIpc) is 2.36. The molecule has 0 spiro atoms. The van der Waals surface area contributed by atoms with Crippen molar-refractivity contribution in [2.24, 2.45) is 0 Å². The molecule has 0 aromatic heterocycles. The smallest absolute Gasteiger partial charge is 0.390 e. The van der Waals surface area contributed by atoms with Crippen LogP contribution in [0.2, 0.25) is 0 Å². The van der Waals surface area contributed by atoms with Gasteiger partial charge in [-0.05, 0) is 12.0 Å². The number of aliphatic hydroxyl groups excluding tert-OH is 1. The van der Waals surface area contributed by atoms with Gasteiger partial charge in [-0.1, -0.05) is 37.3 Å². The standard InChI is InChI=1S/C13H17F3O3/c1-2-11(17)12(19-13(14,15)16)9-18-8-10-6-4-3-5-7-10/h3-7,11-12,17H,2,8-9H2,1H3/t11-,12-/m1/s1. The van der Waals surface area contributed by atoms with Gasteiger partial charge in [0.1, 0.15) is 6.10 Å².